The molecule has 0 radical (unpaired) electrons. The largest absolute Gasteiger partial charge is 0.504 e. The molecule has 1 atom stereocenters. The van der Waals surface area contributed by atoms with Gasteiger partial charge in [0.15, 0.2) is 28.6 Å². The van der Waals surface area contributed by atoms with Gasteiger partial charge in [0.05, 0.1) is 4.47 Å². The lowest BCUT2D eigenvalue weighted by Gasteiger charge is -2.31. The minimum Gasteiger partial charge on any atom is -0.504 e. The highest BCUT2D eigenvalue weighted by atomic mass is 79.9. The Morgan fingerprint density at radius 2 is 1.32 bits per heavy atom. The number of hydrogen-bond acceptors (Lipinski definition) is 9. The number of benzene rings is 3. The molecule has 3 aromatic rings. The van der Waals surface area contributed by atoms with Gasteiger partial charge >= 0.3 is 0 Å². The van der Waals surface area contributed by atoms with Gasteiger partial charge in [-0.3, -0.25) is 0 Å². The highest BCUT2D eigenvalue weighted by Gasteiger charge is 2.55. The summed E-state index contributed by atoms with van der Waals surface area (Å²) in [4.78, 5) is -0.308. The van der Waals surface area contributed by atoms with Crippen LogP contribution in [0.1, 0.15) is 16.7 Å². The molecular formula is C19H12Br2O9S. The molecule has 0 amide bonds. The van der Waals surface area contributed by atoms with Crippen LogP contribution in [0, 0.1) is 0 Å². The van der Waals surface area contributed by atoms with E-state index in [0.29, 0.717) is 4.47 Å². The molecule has 0 bridgehead atoms. The molecular weight excluding hydrogens is 564 g/mol. The van der Waals surface area contributed by atoms with E-state index in [1.54, 1.807) is 0 Å². The fourth-order valence-electron chi connectivity index (χ4n) is 3.51. The lowest BCUT2D eigenvalue weighted by atomic mass is 9.79. The van der Waals surface area contributed by atoms with Crippen LogP contribution in [0.4, 0.5) is 0 Å². The molecule has 0 fully saturated rings. The summed E-state index contributed by atoms with van der Waals surface area (Å²) >= 11 is 6.19. The highest BCUT2D eigenvalue weighted by molar-refractivity contribution is 9.10. The first-order valence-electron chi connectivity index (χ1n) is 8.35. The first kappa shape index (κ1) is 21.6. The zero-order valence-electron chi connectivity index (χ0n) is 15.0. The number of aromatic hydroxyl groups is 6. The van der Waals surface area contributed by atoms with E-state index < -0.39 is 50.2 Å². The van der Waals surface area contributed by atoms with Gasteiger partial charge in [-0.15, -0.1) is 0 Å². The first-order chi connectivity index (χ1) is 14.4. The van der Waals surface area contributed by atoms with Crippen molar-refractivity contribution in [1.82, 2.24) is 0 Å². The monoisotopic (exact) mass is 574 g/mol. The van der Waals surface area contributed by atoms with Crippen LogP contribution in [0.2, 0.25) is 0 Å². The van der Waals surface area contributed by atoms with Crippen LogP contribution in [0.3, 0.4) is 0 Å². The summed E-state index contributed by atoms with van der Waals surface area (Å²) in [6, 6.07) is 7.27. The molecule has 0 spiro atoms. The van der Waals surface area contributed by atoms with E-state index in [-0.39, 0.29) is 26.1 Å². The van der Waals surface area contributed by atoms with E-state index >= 15 is 0 Å². The number of phenolic OH excluding ortho intramolecular Hbond substituents is 6. The Labute approximate surface area is 191 Å². The average Bonchev–Trinajstić information content (AvgIpc) is 2.94. The normalized spacial score (nSPS) is 19.3. The third kappa shape index (κ3) is 2.93. The van der Waals surface area contributed by atoms with Gasteiger partial charge in [0.2, 0.25) is 11.5 Å². The fraction of sp³-hybridized carbons (Fsp3) is 0.0526. The van der Waals surface area contributed by atoms with Gasteiger partial charge in [-0.25, -0.2) is 4.18 Å². The molecule has 1 aliphatic heterocycles. The third-order valence-electron chi connectivity index (χ3n) is 4.92. The molecule has 12 heteroatoms. The van der Waals surface area contributed by atoms with Crippen molar-refractivity contribution in [3.05, 3.63) is 62.0 Å². The Morgan fingerprint density at radius 1 is 0.710 bits per heavy atom. The quantitative estimate of drug-likeness (QED) is 0.198. The molecule has 1 unspecified atom stereocenters. The third-order valence-corrected chi connectivity index (χ3v) is 7.36. The Balaban J connectivity index is 2.24. The number of rotatable bonds is 2. The molecule has 3 aromatic carbocycles. The van der Waals surface area contributed by atoms with Gasteiger partial charge in [-0.05, 0) is 46.3 Å². The predicted molar refractivity (Wildman–Crippen MR) is 113 cm³/mol. The minimum atomic E-state index is -4.48. The van der Waals surface area contributed by atoms with Crippen molar-refractivity contribution in [1.29, 1.82) is 0 Å². The second kappa shape index (κ2) is 6.92. The van der Waals surface area contributed by atoms with Crippen LogP contribution in [-0.2, 0) is 19.9 Å². The maximum Gasteiger partial charge on any atom is 0.298 e. The van der Waals surface area contributed by atoms with Crippen LogP contribution in [0.5, 0.6) is 34.5 Å². The van der Waals surface area contributed by atoms with Crippen LogP contribution >= 0.6 is 31.9 Å². The number of halogens is 2. The van der Waals surface area contributed by atoms with Crippen molar-refractivity contribution >= 4 is 42.0 Å². The van der Waals surface area contributed by atoms with E-state index in [9.17, 15) is 39.1 Å². The summed E-state index contributed by atoms with van der Waals surface area (Å²) in [6.45, 7) is 0. The second-order valence-electron chi connectivity index (χ2n) is 6.64. The van der Waals surface area contributed by atoms with Crippen LogP contribution < -0.4 is 0 Å². The van der Waals surface area contributed by atoms with Crippen molar-refractivity contribution in [2.75, 3.05) is 0 Å². The Bertz CT molecular complexity index is 1370. The zero-order chi connectivity index (χ0) is 22.9. The SMILES string of the molecule is O=S1(=O)OC(c2ccc(O)c(O)c2O)(c2cc(Br)c(O)c(O)c2O)c2ccc(Br)cc21. The molecule has 0 saturated heterocycles. The van der Waals surface area contributed by atoms with Crippen molar-refractivity contribution in [3.63, 3.8) is 0 Å². The lowest BCUT2D eigenvalue weighted by molar-refractivity contribution is 0.169. The zero-order valence-corrected chi connectivity index (χ0v) is 19.0. The van der Waals surface area contributed by atoms with Crippen LogP contribution in [0.25, 0.3) is 0 Å². The average molecular weight is 576 g/mol. The van der Waals surface area contributed by atoms with Crippen molar-refractivity contribution in [3.8, 4) is 34.5 Å². The van der Waals surface area contributed by atoms with E-state index in [1.807, 2.05) is 0 Å². The maximum absolute atomic E-state index is 12.9. The summed E-state index contributed by atoms with van der Waals surface area (Å²) in [5.41, 5.74) is -3.11. The van der Waals surface area contributed by atoms with E-state index in [1.165, 1.54) is 18.2 Å². The van der Waals surface area contributed by atoms with Gasteiger partial charge in [-0.2, -0.15) is 8.42 Å². The van der Waals surface area contributed by atoms with E-state index in [4.69, 9.17) is 4.18 Å². The molecule has 4 rings (SSSR count). The molecule has 9 nitrogen and oxygen atoms in total. The molecule has 0 saturated carbocycles. The summed E-state index contributed by atoms with van der Waals surface area (Å²) in [5, 5.41) is 61.2. The summed E-state index contributed by atoms with van der Waals surface area (Å²) in [5.74, 6) is -5.19. The van der Waals surface area contributed by atoms with E-state index in [0.717, 1.165) is 18.2 Å². The molecule has 1 heterocycles. The summed E-state index contributed by atoms with van der Waals surface area (Å²) in [6.07, 6.45) is 0. The first-order valence-corrected chi connectivity index (χ1v) is 11.3. The molecule has 0 aromatic heterocycles. The predicted octanol–water partition coefficient (Wildman–Crippen LogP) is 3.46. The topological polar surface area (TPSA) is 165 Å². The Morgan fingerprint density at radius 3 is 2.00 bits per heavy atom. The maximum atomic E-state index is 12.9. The standard InChI is InChI=1S/C19H12Br2O9S/c20-7-1-2-8-13(5-7)31(28,29)30-19(8,9-3-4-12(22)17(26)14(9)23)10-6-11(21)16(25)18(27)15(10)24/h1-6,22-27H. The number of hydrogen-bond donors (Lipinski definition) is 6. The second-order valence-corrected chi connectivity index (χ2v) is 9.93. The van der Waals surface area contributed by atoms with Gasteiger partial charge in [0.25, 0.3) is 10.1 Å². The minimum absolute atomic E-state index is 0.0663. The Kier molecular flexibility index (Phi) is 4.81. The molecule has 162 valence electrons. The smallest absolute Gasteiger partial charge is 0.298 e. The van der Waals surface area contributed by atoms with Gasteiger partial charge in [0.1, 0.15) is 4.90 Å². The van der Waals surface area contributed by atoms with Gasteiger partial charge in [0, 0.05) is 21.2 Å². The fourth-order valence-corrected chi connectivity index (χ4v) is 5.88. The van der Waals surface area contributed by atoms with Gasteiger partial charge < -0.3 is 30.6 Å². The van der Waals surface area contributed by atoms with Crippen molar-refractivity contribution in [2.45, 2.75) is 10.5 Å². The van der Waals surface area contributed by atoms with Gasteiger partial charge in [-0.1, -0.05) is 22.0 Å². The molecule has 0 aliphatic carbocycles. The van der Waals surface area contributed by atoms with Crippen LogP contribution in [-0.4, -0.2) is 39.1 Å². The van der Waals surface area contributed by atoms with Crippen molar-refractivity contribution in [2.24, 2.45) is 0 Å². The summed E-state index contributed by atoms with van der Waals surface area (Å²) in [7, 11) is -4.48. The molecule has 1 aliphatic rings. The number of phenols is 6. The highest BCUT2D eigenvalue weighted by Crippen LogP contribution is 2.59. The lowest BCUT2D eigenvalue weighted by Crippen LogP contribution is -2.30. The number of fused-ring (bicyclic) bond motifs is 1. The van der Waals surface area contributed by atoms with E-state index in [2.05, 4.69) is 31.9 Å². The van der Waals surface area contributed by atoms with Crippen LogP contribution in [0.15, 0.2) is 50.2 Å². The Hall–Kier alpha value is -2.67. The molecule has 31 heavy (non-hydrogen) atoms. The molecule has 6 N–H and O–H groups in total. The van der Waals surface area contributed by atoms with Crippen molar-refractivity contribution < 1.29 is 43.2 Å². The summed E-state index contributed by atoms with van der Waals surface area (Å²) < 4.78 is 31.6.